The standard InChI is InChI=1S/C21H25N3O3/c1-2-27-21(26)24-15-13-23(14-16-24)20(25)22-19(17-9-5-3-6-10-17)18-11-7-4-8-12-18/h3-12,19H,2,13-16H2,1H3,(H,22,25). The Kier molecular flexibility index (Phi) is 6.30. The molecule has 0 bridgehead atoms. The van der Waals surface area contributed by atoms with Crippen LogP contribution in [0.15, 0.2) is 60.7 Å². The molecule has 1 fully saturated rings. The summed E-state index contributed by atoms with van der Waals surface area (Å²) < 4.78 is 5.03. The maximum absolute atomic E-state index is 12.8. The number of nitrogens with zero attached hydrogens (tertiary/aromatic N) is 2. The normalized spacial score (nSPS) is 14.1. The zero-order valence-corrected chi connectivity index (χ0v) is 15.5. The van der Waals surface area contributed by atoms with Gasteiger partial charge in [0.15, 0.2) is 0 Å². The first kappa shape index (κ1) is 18.8. The zero-order valence-electron chi connectivity index (χ0n) is 15.5. The van der Waals surface area contributed by atoms with Gasteiger partial charge in [0.2, 0.25) is 0 Å². The Morgan fingerprint density at radius 2 is 1.37 bits per heavy atom. The molecule has 27 heavy (non-hydrogen) atoms. The Morgan fingerprint density at radius 1 is 0.889 bits per heavy atom. The van der Waals surface area contributed by atoms with Gasteiger partial charge in [-0.25, -0.2) is 9.59 Å². The highest BCUT2D eigenvalue weighted by Gasteiger charge is 2.26. The van der Waals surface area contributed by atoms with E-state index in [0.717, 1.165) is 11.1 Å². The lowest BCUT2D eigenvalue weighted by Crippen LogP contribution is -2.53. The van der Waals surface area contributed by atoms with Gasteiger partial charge in [-0.1, -0.05) is 60.7 Å². The molecule has 6 nitrogen and oxygen atoms in total. The Bertz CT molecular complexity index is 704. The van der Waals surface area contributed by atoms with Crippen LogP contribution in [-0.2, 0) is 4.74 Å². The lowest BCUT2D eigenvalue weighted by atomic mass is 9.99. The first-order chi connectivity index (χ1) is 13.2. The third-order valence-electron chi connectivity index (χ3n) is 4.63. The molecule has 1 aliphatic rings. The fourth-order valence-corrected chi connectivity index (χ4v) is 3.17. The van der Waals surface area contributed by atoms with E-state index in [2.05, 4.69) is 5.32 Å². The summed E-state index contributed by atoms with van der Waals surface area (Å²) in [5.41, 5.74) is 2.06. The largest absolute Gasteiger partial charge is 0.450 e. The second-order valence-corrected chi connectivity index (χ2v) is 6.38. The van der Waals surface area contributed by atoms with Crippen LogP contribution in [0.4, 0.5) is 9.59 Å². The van der Waals surface area contributed by atoms with Crippen LogP contribution >= 0.6 is 0 Å². The van der Waals surface area contributed by atoms with Crippen LogP contribution < -0.4 is 5.32 Å². The summed E-state index contributed by atoms with van der Waals surface area (Å²) in [7, 11) is 0. The van der Waals surface area contributed by atoms with Crippen molar-refractivity contribution in [2.24, 2.45) is 0 Å². The highest BCUT2D eigenvalue weighted by Crippen LogP contribution is 2.22. The lowest BCUT2D eigenvalue weighted by molar-refractivity contribution is 0.0849. The van der Waals surface area contributed by atoms with Gasteiger partial charge in [-0.05, 0) is 18.1 Å². The number of ether oxygens (including phenoxy) is 1. The predicted molar refractivity (Wildman–Crippen MR) is 103 cm³/mol. The number of carbonyl (C=O) groups excluding carboxylic acids is 2. The maximum Gasteiger partial charge on any atom is 0.409 e. The maximum atomic E-state index is 12.8. The summed E-state index contributed by atoms with van der Waals surface area (Å²) in [6.45, 7) is 4.08. The number of nitrogens with one attached hydrogen (secondary N) is 1. The molecule has 6 heteroatoms. The quantitative estimate of drug-likeness (QED) is 0.902. The third-order valence-corrected chi connectivity index (χ3v) is 4.63. The number of carbonyl (C=O) groups is 2. The number of hydrogen-bond acceptors (Lipinski definition) is 3. The molecule has 2 aromatic rings. The van der Waals surface area contributed by atoms with E-state index >= 15 is 0 Å². The molecule has 1 saturated heterocycles. The van der Waals surface area contributed by atoms with Gasteiger partial charge >= 0.3 is 12.1 Å². The molecule has 0 radical (unpaired) electrons. The Labute approximate surface area is 159 Å². The smallest absolute Gasteiger partial charge is 0.409 e. The molecule has 0 unspecified atom stereocenters. The SMILES string of the molecule is CCOC(=O)N1CCN(C(=O)NC(c2ccccc2)c2ccccc2)CC1. The molecule has 1 aliphatic heterocycles. The summed E-state index contributed by atoms with van der Waals surface area (Å²) in [6.07, 6.45) is -0.316. The lowest BCUT2D eigenvalue weighted by Gasteiger charge is -2.35. The van der Waals surface area contributed by atoms with Crippen molar-refractivity contribution in [1.82, 2.24) is 15.1 Å². The van der Waals surface area contributed by atoms with Crippen molar-refractivity contribution in [3.63, 3.8) is 0 Å². The number of benzene rings is 2. The van der Waals surface area contributed by atoms with Crippen molar-refractivity contribution in [3.8, 4) is 0 Å². The van der Waals surface area contributed by atoms with Gasteiger partial charge < -0.3 is 19.9 Å². The number of rotatable bonds is 4. The number of urea groups is 1. The minimum atomic E-state index is -0.316. The molecule has 0 saturated carbocycles. The van der Waals surface area contributed by atoms with E-state index < -0.39 is 0 Å². The molecule has 142 valence electrons. The Balaban J connectivity index is 1.66. The summed E-state index contributed by atoms with van der Waals surface area (Å²) in [6, 6.07) is 19.5. The Morgan fingerprint density at radius 3 is 1.85 bits per heavy atom. The van der Waals surface area contributed by atoms with Crippen molar-refractivity contribution in [3.05, 3.63) is 71.8 Å². The number of piperazine rings is 1. The molecule has 0 aliphatic carbocycles. The number of amides is 3. The van der Waals surface area contributed by atoms with Gasteiger partial charge in [0.05, 0.1) is 12.6 Å². The minimum absolute atomic E-state index is 0.129. The predicted octanol–water partition coefficient (Wildman–Crippen LogP) is 3.26. The molecule has 0 spiro atoms. The molecule has 2 aromatic carbocycles. The van der Waals surface area contributed by atoms with Gasteiger partial charge in [0.25, 0.3) is 0 Å². The van der Waals surface area contributed by atoms with Crippen molar-refractivity contribution in [2.45, 2.75) is 13.0 Å². The topological polar surface area (TPSA) is 61.9 Å². The van der Waals surface area contributed by atoms with E-state index in [1.807, 2.05) is 60.7 Å². The average molecular weight is 367 g/mol. The van der Waals surface area contributed by atoms with E-state index in [4.69, 9.17) is 4.74 Å². The first-order valence-corrected chi connectivity index (χ1v) is 9.26. The van der Waals surface area contributed by atoms with Gasteiger partial charge in [-0.2, -0.15) is 0 Å². The van der Waals surface area contributed by atoms with Crippen LogP contribution in [0.3, 0.4) is 0 Å². The Hall–Kier alpha value is -3.02. The first-order valence-electron chi connectivity index (χ1n) is 9.26. The minimum Gasteiger partial charge on any atom is -0.450 e. The van der Waals surface area contributed by atoms with Crippen molar-refractivity contribution in [1.29, 1.82) is 0 Å². The van der Waals surface area contributed by atoms with Crippen molar-refractivity contribution in [2.75, 3.05) is 32.8 Å². The molecular weight excluding hydrogens is 342 g/mol. The zero-order chi connectivity index (χ0) is 19.1. The van der Waals surface area contributed by atoms with Crippen LogP contribution in [0.5, 0.6) is 0 Å². The molecular formula is C21H25N3O3. The second kappa shape index (κ2) is 9.07. The van der Waals surface area contributed by atoms with Gasteiger partial charge in [0.1, 0.15) is 0 Å². The van der Waals surface area contributed by atoms with Crippen molar-refractivity contribution < 1.29 is 14.3 Å². The highest BCUT2D eigenvalue weighted by molar-refractivity contribution is 5.76. The van der Waals surface area contributed by atoms with Crippen LogP contribution in [0.25, 0.3) is 0 Å². The van der Waals surface area contributed by atoms with E-state index in [1.165, 1.54) is 0 Å². The van der Waals surface area contributed by atoms with Gasteiger partial charge in [-0.15, -0.1) is 0 Å². The molecule has 1 heterocycles. The van der Waals surface area contributed by atoms with Crippen molar-refractivity contribution >= 4 is 12.1 Å². The molecule has 3 rings (SSSR count). The molecule has 1 N–H and O–H groups in total. The van der Waals surface area contributed by atoms with Gasteiger partial charge in [-0.3, -0.25) is 0 Å². The highest BCUT2D eigenvalue weighted by atomic mass is 16.6. The molecule has 0 aromatic heterocycles. The van der Waals surface area contributed by atoms with E-state index in [0.29, 0.717) is 32.8 Å². The number of hydrogen-bond donors (Lipinski definition) is 1. The summed E-state index contributed by atoms with van der Waals surface area (Å²) in [4.78, 5) is 28.0. The molecule has 0 atom stereocenters. The van der Waals surface area contributed by atoms with E-state index in [9.17, 15) is 9.59 Å². The van der Waals surface area contributed by atoms with Crippen LogP contribution in [0.1, 0.15) is 24.1 Å². The van der Waals surface area contributed by atoms with Crippen LogP contribution in [0, 0.1) is 0 Å². The van der Waals surface area contributed by atoms with E-state index in [-0.39, 0.29) is 18.2 Å². The van der Waals surface area contributed by atoms with Gasteiger partial charge in [0, 0.05) is 26.2 Å². The third kappa shape index (κ3) is 4.78. The fourth-order valence-electron chi connectivity index (χ4n) is 3.17. The summed E-state index contributed by atoms with van der Waals surface area (Å²) in [5.74, 6) is 0. The van der Waals surface area contributed by atoms with Crippen LogP contribution in [0.2, 0.25) is 0 Å². The summed E-state index contributed by atoms with van der Waals surface area (Å²) in [5, 5.41) is 3.14. The summed E-state index contributed by atoms with van der Waals surface area (Å²) >= 11 is 0. The second-order valence-electron chi connectivity index (χ2n) is 6.38. The van der Waals surface area contributed by atoms with Crippen LogP contribution in [-0.4, -0.2) is 54.7 Å². The monoisotopic (exact) mass is 367 g/mol. The van der Waals surface area contributed by atoms with E-state index in [1.54, 1.807) is 16.7 Å². The average Bonchev–Trinajstić information content (AvgIpc) is 2.73. The molecule has 3 amide bonds. The fraction of sp³-hybridized carbons (Fsp3) is 0.333.